The maximum Gasteiger partial charge on any atom is 0.322 e. The van der Waals surface area contributed by atoms with Gasteiger partial charge in [-0.1, -0.05) is 12.1 Å². The van der Waals surface area contributed by atoms with Crippen molar-refractivity contribution in [2.45, 2.75) is 26.3 Å². The molecule has 0 saturated carbocycles. The second kappa shape index (κ2) is 4.95. The van der Waals surface area contributed by atoms with Crippen LogP contribution in [0.15, 0.2) is 18.2 Å². The highest BCUT2D eigenvalue weighted by molar-refractivity contribution is 6.06. The highest BCUT2D eigenvalue weighted by Gasteiger charge is 2.36. The van der Waals surface area contributed by atoms with Crippen LogP contribution in [0.3, 0.4) is 0 Å². The molecule has 1 saturated heterocycles. The van der Waals surface area contributed by atoms with Crippen molar-refractivity contribution < 1.29 is 19.8 Å². The van der Waals surface area contributed by atoms with E-state index in [1.54, 1.807) is 32.9 Å². The molecule has 6 heteroatoms. The number of phenolic OH excluding ortho intramolecular Hbond substituents is 2. The molecular formula is C12H16N2O4. The number of imide groups is 1. The molecule has 0 aliphatic carbocycles. The Bertz CT molecular complexity index is 463. The van der Waals surface area contributed by atoms with Crippen molar-refractivity contribution in [3.8, 4) is 11.5 Å². The Morgan fingerprint density at radius 3 is 2.06 bits per heavy atom. The van der Waals surface area contributed by atoms with Gasteiger partial charge in [0.25, 0.3) is 5.91 Å². The molecule has 1 fully saturated rings. The lowest BCUT2D eigenvalue weighted by Gasteiger charge is -2.11. The molecule has 0 aromatic heterocycles. The third-order valence-electron chi connectivity index (χ3n) is 2.44. The SMILES string of the molecule is CC1(C)NC(=O)NC1=O.Cc1cccc(O)c1O. The number of carbonyl (C=O) groups excluding carboxylic acids is 2. The number of aromatic hydroxyl groups is 2. The Kier molecular flexibility index (Phi) is 3.80. The third-order valence-corrected chi connectivity index (χ3v) is 2.44. The molecule has 1 heterocycles. The first kappa shape index (κ1) is 13.8. The molecule has 1 aromatic carbocycles. The van der Waals surface area contributed by atoms with Crippen LogP contribution in [0, 0.1) is 6.92 Å². The fourth-order valence-electron chi connectivity index (χ4n) is 1.27. The number of carbonyl (C=O) groups is 2. The first-order chi connectivity index (χ1) is 8.24. The van der Waals surface area contributed by atoms with E-state index in [-0.39, 0.29) is 17.4 Å². The van der Waals surface area contributed by atoms with Gasteiger partial charge in [-0.2, -0.15) is 0 Å². The van der Waals surface area contributed by atoms with Crippen LogP contribution in [-0.4, -0.2) is 27.7 Å². The molecule has 3 amide bonds. The first-order valence-electron chi connectivity index (χ1n) is 5.35. The smallest absolute Gasteiger partial charge is 0.322 e. The Morgan fingerprint density at radius 1 is 1.17 bits per heavy atom. The lowest BCUT2D eigenvalue weighted by Crippen LogP contribution is -2.39. The number of hydrogen-bond acceptors (Lipinski definition) is 4. The van der Waals surface area contributed by atoms with Gasteiger partial charge in [0, 0.05) is 0 Å². The molecule has 0 bridgehead atoms. The number of amides is 3. The van der Waals surface area contributed by atoms with E-state index in [1.165, 1.54) is 6.07 Å². The Morgan fingerprint density at radius 2 is 1.78 bits per heavy atom. The predicted molar refractivity (Wildman–Crippen MR) is 65.3 cm³/mol. The summed E-state index contributed by atoms with van der Waals surface area (Å²) in [7, 11) is 0. The summed E-state index contributed by atoms with van der Waals surface area (Å²) in [4.78, 5) is 21.1. The van der Waals surface area contributed by atoms with Crippen molar-refractivity contribution in [3.63, 3.8) is 0 Å². The van der Waals surface area contributed by atoms with Crippen LogP contribution in [0.2, 0.25) is 0 Å². The Hall–Kier alpha value is -2.24. The molecule has 2 rings (SSSR count). The normalized spacial score (nSPS) is 16.4. The van der Waals surface area contributed by atoms with Gasteiger partial charge in [0.1, 0.15) is 5.54 Å². The molecule has 0 unspecified atom stereocenters. The molecule has 0 radical (unpaired) electrons. The van der Waals surface area contributed by atoms with Gasteiger partial charge < -0.3 is 15.5 Å². The van der Waals surface area contributed by atoms with Gasteiger partial charge in [-0.25, -0.2) is 4.79 Å². The number of benzene rings is 1. The molecule has 0 atom stereocenters. The number of nitrogens with one attached hydrogen (secondary N) is 2. The number of hydrogen-bond donors (Lipinski definition) is 4. The molecule has 18 heavy (non-hydrogen) atoms. The van der Waals surface area contributed by atoms with Gasteiger partial charge in [0.05, 0.1) is 0 Å². The van der Waals surface area contributed by atoms with Crippen molar-refractivity contribution in [2.75, 3.05) is 0 Å². The van der Waals surface area contributed by atoms with Gasteiger partial charge >= 0.3 is 6.03 Å². The van der Waals surface area contributed by atoms with Crippen LogP contribution < -0.4 is 10.6 Å². The number of para-hydroxylation sites is 1. The van der Waals surface area contributed by atoms with Crippen LogP contribution in [0.4, 0.5) is 4.79 Å². The highest BCUT2D eigenvalue weighted by Crippen LogP contribution is 2.26. The van der Waals surface area contributed by atoms with E-state index >= 15 is 0 Å². The largest absolute Gasteiger partial charge is 0.504 e. The van der Waals surface area contributed by atoms with E-state index < -0.39 is 11.6 Å². The summed E-state index contributed by atoms with van der Waals surface area (Å²) >= 11 is 0. The molecular weight excluding hydrogens is 236 g/mol. The zero-order chi connectivity index (χ0) is 13.9. The van der Waals surface area contributed by atoms with Crippen molar-refractivity contribution in [1.29, 1.82) is 0 Å². The zero-order valence-electron chi connectivity index (χ0n) is 10.4. The van der Waals surface area contributed by atoms with Gasteiger partial charge in [0.2, 0.25) is 0 Å². The van der Waals surface area contributed by atoms with Gasteiger partial charge in [-0.05, 0) is 32.4 Å². The third kappa shape index (κ3) is 3.13. The van der Waals surface area contributed by atoms with Crippen LogP contribution in [0.5, 0.6) is 11.5 Å². The van der Waals surface area contributed by atoms with Gasteiger partial charge in [0.15, 0.2) is 11.5 Å². The molecule has 6 nitrogen and oxygen atoms in total. The molecule has 4 N–H and O–H groups in total. The fourth-order valence-corrected chi connectivity index (χ4v) is 1.27. The zero-order valence-corrected chi connectivity index (χ0v) is 10.4. The number of urea groups is 1. The average Bonchev–Trinajstić information content (AvgIpc) is 2.48. The summed E-state index contributed by atoms with van der Waals surface area (Å²) in [6.45, 7) is 5.02. The summed E-state index contributed by atoms with van der Waals surface area (Å²) in [5.74, 6) is -0.361. The van der Waals surface area contributed by atoms with Gasteiger partial charge in [-0.3, -0.25) is 10.1 Å². The summed E-state index contributed by atoms with van der Waals surface area (Å²) in [6, 6.07) is 4.45. The number of rotatable bonds is 0. The minimum Gasteiger partial charge on any atom is -0.504 e. The summed E-state index contributed by atoms with van der Waals surface area (Å²) in [5.41, 5.74) is -0.0353. The summed E-state index contributed by atoms with van der Waals surface area (Å²) in [5, 5.41) is 22.4. The fraction of sp³-hybridized carbons (Fsp3) is 0.333. The molecule has 1 aliphatic heterocycles. The monoisotopic (exact) mass is 252 g/mol. The standard InChI is InChI=1S/C7H8O2.C5H8N2O2/c1-5-3-2-4-6(8)7(5)9;1-5(2)3(8)6-4(9)7-5/h2-4,8-9H,1H3;1-2H3,(H2,6,7,8,9). The average molecular weight is 252 g/mol. The lowest BCUT2D eigenvalue weighted by molar-refractivity contribution is -0.122. The first-order valence-corrected chi connectivity index (χ1v) is 5.35. The van der Waals surface area contributed by atoms with Crippen molar-refractivity contribution in [3.05, 3.63) is 23.8 Å². The van der Waals surface area contributed by atoms with Crippen molar-refractivity contribution in [1.82, 2.24) is 10.6 Å². The quantitative estimate of drug-likeness (QED) is 0.409. The highest BCUT2D eigenvalue weighted by atomic mass is 16.3. The van der Waals surface area contributed by atoms with Crippen molar-refractivity contribution in [2.24, 2.45) is 0 Å². The summed E-state index contributed by atoms with van der Waals surface area (Å²) < 4.78 is 0. The molecule has 0 spiro atoms. The van der Waals surface area contributed by atoms with E-state index in [0.717, 1.165) is 0 Å². The maximum atomic E-state index is 10.7. The number of aryl methyl sites for hydroxylation is 1. The topological polar surface area (TPSA) is 98.7 Å². The molecule has 98 valence electrons. The summed E-state index contributed by atoms with van der Waals surface area (Å²) in [6.07, 6.45) is 0. The van der Waals surface area contributed by atoms with E-state index in [2.05, 4.69) is 10.6 Å². The van der Waals surface area contributed by atoms with E-state index in [0.29, 0.717) is 5.56 Å². The minimum absolute atomic E-state index is 0.0301. The van der Waals surface area contributed by atoms with Crippen LogP contribution in [0.1, 0.15) is 19.4 Å². The second-order valence-corrected chi connectivity index (χ2v) is 4.48. The Labute approximate surface area is 105 Å². The molecule has 1 aromatic rings. The Balaban J connectivity index is 0.000000180. The van der Waals surface area contributed by atoms with Crippen LogP contribution >= 0.6 is 0 Å². The van der Waals surface area contributed by atoms with E-state index in [1.807, 2.05) is 0 Å². The minimum atomic E-state index is -0.725. The van der Waals surface area contributed by atoms with Crippen LogP contribution in [0.25, 0.3) is 0 Å². The lowest BCUT2D eigenvalue weighted by atomic mass is 10.1. The number of phenols is 2. The maximum absolute atomic E-state index is 10.7. The van der Waals surface area contributed by atoms with Crippen LogP contribution in [-0.2, 0) is 4.79 Å². The van der Waals surface area contributed by atoms with Crippen molar-refractivity contribution >= 4 is 11.9 Å². The van der Waals surface area contributed by atoms with E-state index in [9.17, 15) is 9.59 Å². The second-order valence-electron chi connectivity index (χ2n) is 4.48. The van der Waals surface area contributed by atoms with E-state index in [4.69, 9.17) is 10.2 Å². The molecule has 1 aliphatic rings. The predicted octanol–water partition coefficient (Wildman–Crippen LogP) is 1.01. The van der Waals surface area contributed by atoms with Gasteiger partial charge in [-0.15, -0.1) is 0 Å².